The van der Waals surface area contributed by atoms with Gasteiger partial charge in [-0.25, -0.2) is 0 Å². The predicted molar refractivity (Wildman–Crippen MR) is 93.1 cm³/mol. The molecule has 0 spiro atoms. The highest BCUT2D eigenvalue weighted by atomic mass is 16.1. The number of hydrogen-bond donors (Lipinski definition) is 2. The first-order valence-corrected chi connectivity index (χ1v) is 8.09. The maximum absolute atomic E-state index is 11.9. The molecule has 0 unspecified atom stereocenters. The molecular weight excluding hydrogens is 288 g/mol. The molecule has 0 atom stereocenters. The standard InChI is InChI=1S/C18H24N4O/c1-4-5-12-19-18(23)16-10-11-17(22-21-16)20-15-9-7-6-8-14(15)13(2)3/h6-11,13H,4-5,12H2,1-3H3,(H,19,23)(H,20,22). The summed E-state index contributed by atoms with van der Waals surface area (Å²) in [5, 5.41) is 14.2. The highest BCUT2D eigenvalue weighted by Crippen LogP contribution is 2.25. The smallest absolute Gasteiger partial charge is 0.271 e. The molecule has 2 aromatic rings. The van der Waals surface area contributed by atoms with Crippen LogP contribution in [0.15, 0.2) is 36.4 Å². The van der Waals surface area contributed by atoms with Gasteiger partial charge in [0.25, 0.3) is 5.91 Å². The van der Waals surface area contributed by atoms with Crippen LogP contribution < -0.4 is 10.6 Å². The summed E-state index contributed by atoms with van der Waals surface area (Å²) in [5.41, 5.74) is 2.57. The maximum Gasteiger partial charge on any atom is 0.271 e. The Labute approximate surface area is 137 Å². The molecule has 23 heavy (non-hydrogen) atoms. The fourth-order valence-electron chi connectivity index (χ4n) is 2.24. The van der Waals surface area contributed by atoms with Crippen molar-refractivity contribution in [2.75, 3.05) is 11.9 Å². The first kappa shape index (κ1) is 16.9. The van der Waals surface area contributed by atoms with E-state index in [-0.39, 0.29) is 5.91 Å². The third-order valence-electron chi connectivity index (χ3n) is 3.56. The fourth-order valence-corrected chi connectivity index (χ4v) is 2.24. The lowest BCUT2D eigenvalue weighted by molar-refractivity contribution is 0.0947. The highest BCUT2D eigenvalue weighted by Gasteiger charge is 2.09. The van der Waals surface area contributed by atoms with Crippen LogP contribution in [0.25, 0.3) is 0 Å². The Morgan fingerprint density at radius 2 is 1.91 bits per heavy atom. The minimum absolute atomic E-state index is 0.180. The zero-order valence-corrected chi connectivity index (χ0v) is 14.0. The summed E-state index contributed by atoms with van der Waals surface area (Å²) in [6, 6.07) is 11.6. The van der Waals surface area contributed by atoms with E-state index in [9.17, 15) is 4.79 Å². The number of carbonyl (C=O) groups excluding carboxylic acids is 1. The fraction of sp³-hybridized carbons (Fsp3) is 0.389. The quantitative estimate of drug-likeness (QED) is 0.762. The molecule has 122 valence electrons. The molecule has 1 aromatic heterocycles. The summed E-state index contributed by atoms with van der Waals surface area (Å²) in [7, 11) is 0. The molecule has 2 N–H and O–H groups in total. The van der Waals surface area contributed by atoms with Crippen molar-refractivity contribution in [3.8, 4) is 0 Å². The van der Waals surface area contributed by atoms with Crippen LogP contribution in [0, 0.1) is 0 Å². The van der Waals surface area contributed by atoms with E-state index in [0.717, 1.165) is 18.5 Å². The van der Waals surface area contributed by atoms with Crippen LogP contribution >= 0.6 is 0 Å². The van der Waals surface area contributed by atoms with Crippen LogP contribution in [0.4, 0.5) is 11.5 Å². The van der Waals surface area contributed by atoms with Gasteiger partial charge < -0.3 is 10.6 Å². The first-order valence-electron chi connectivity index (χ1n) is 8.09. The molecule has 0 saturated heterocycles. The Balaban J connectivity index is 2.04. The molecule has 0 aliphatic rings. The van der Waals surface area contributed by atoms with Gasteiger partial charge in [-0.15, -0.1) is 10.2 Å². The molecule has 5 nitrogen and oxygen atoms in total. The van der Waals surface area contributed by atoms with E-state index >= 15 is 0 Å². The lowest BCUT2D eigenvalue weighted by atomic mass is 10.0. The summed E-state index contributed by atoms with van der Waals surface area (Å²) in [5.74, 6) is 0.860. The third kappa shape index (κ3) is 4.77. The van der Waals surface area contributed by atoms with E-state index < -0.39 is 0 Å². The summed E-state index contributed by atoms with van der Waals surface area (Å²) in [6.45, 7) is 7.05. The van der Waals surface area contributed by atoms with Crippen molar-refractivity contribution in [1.82, 2.24) is 15.5 Å². The van der Waals surface area contributed by atoms with Gasteiger partial charge in [0.1, 0.15) is 0 Å². The van der Waals surface area contributed by atoms with Gasteiger partial charge in [0.2, 0.25) is 0 Å². The number of aromatic nitrogens is 2. The van der Waals surface area contributed by atoms with Gasteiger partial charge in [-0.05, 0) is 36.1 Å². The lowest BCUT2D eigenvalue weighted by Gasteiger charge is -2.13. The molecule has 1 heterocycles. The zero-order valence-electron chi connectivity index (χ0n) is 14.0. The van der Waals surface area contributed by atoms with Crippen LogP contribution in [0.2, 0.25) is 0 Å². The highest BCUT2D eigenvalue weighted by molar-refractivity contribution is 5.92. The number of benzene rings is 1. The summed E-state index contributed by atoms with van der Waals surface area (Å²) in [6.07, 6.45) is 2.01. The van der Waals surface area contributed by atoms with Crippen molar-refractivity contribution in [2.24, 2.45) is 0 Å². The number of nitrogens with zero attached hydrogens (tertiary/aromatic N) is 2. The molecule has 5 heteroatoms. The Kier molecular flexibility index (Phi) is 6.09. The van der Waals surface area contributed by atoms with Gasteiger partial charge >= 0.3 is 0 Å². The monoisotopic (exact) mass is 312 g/mol. The number of unbranched alkanes of at least 4 members (excludes halogenated alkanes) is 1. The predicted octanol–water partition coefficient (Wildman–Crippen LogP) is 3.87. The Bertz CT molecular complexity index is 638. The second-order valence-electron chi connectivity index (χ2n) is 5.78. The number of nitrogens with one attached hydrogen (secondary N) is 2. The van der Waals surface area contributed by atoms with E-state index in [2.05, 4.69) is 47.7 Å². The molecule has 0 radical (unpaired) electrons. The summed E-state index contributed by atoms with van der Waals surface area (Å²) < 4.78 is 0. The SMILES string of the molecule is CCCCNC(=O)c1ccc(Nc2ccccc2C(C)C)nn1. The zero-order chi connectivity index (χ0) is 16.7. The average Bonchev–Trinajstić information content (AvgIpc) is 2.56. The van der Waals surface area contributed by atoms with Gasteiger partial charge in [-0.3, -0.25) is 4.79 Å². The second kappa shape index (κ2) is 8.27. The van der Waals surface area contributed by atoms with E-state index in [4.69, 9.17) is 0 Å². The number of para-hydroxylation sites is 1. The van der Waals surface area contributed by atoms with E-state index in [0.29, 0.717) is 24.0 Å². The topological polar surface area (TPSA) is 66.9 Å². The minimum atomic E-state index is -0.180. The number of rotatable bonds is 7. The number of hydrogen-bond acceptors (Lipinski definition) is 4. The molecule has 0 saturated carbocycles. The van der Waals surface area contributed by atoms with Gasteiger partial charge in [0.15, 0.2) is 11.5 Å². The van der Waals surface area contributed by atoms with Crippen molar-refractivity contribution in [2.45, 2.75) is 39.5 Å². The summed E-state index contributed by atoms with van der Waals surface area (Å²) >= 11 is 0. The minimum Gasteiger partial charge on any atom is -0.351 e. The molecule has 1 aromatic carbocycles. The van der Waals surface area contributed by atoms with Crippen molar-refractivity contribution < 1.29 is 4.79 Å². The second-order valence-corrected chi connectivity index (χ2v) is 5.78. The van der Waals surface area contributed by atoms with Crippen molar-refractivity contribution in [3.63, 3.8) is 0 Å². The Morgan fingerprint density at radius 3 is 2.57 bits per heavy atom. The maximum atomic E-state index is 11.9. The van der Waals surface area contributed by atoms with Crippen molar-refractivity contribution in [1.29, 1.82) is 0 Å². The van der Waals surface area contributed by atoms with E-state index in [1.165, 1.54) is 5.56 Å². The molecule has 0 bridgehead atoms. The van der Waals surface area contributed by atoms with Gasteiger partial charge in [-0.1, -0.05) is 45.4 Å². The van der Waals surface area contributed by atoms with E-state index in [1.54, 1.807) is 12.1 Å². The number of amides is 1. The van der Waals surface area contributed by atoms with Crippen molar-refractivity contribution >= 4 is 17.4 Å². The third-order valence-corrected chi connectivity index (χ3v) is 3.56. The number of anilines is 2. The molecule has 0 fully saturated rings. The average molecular weight is 312 g/mol. The summed E-state index contributed by atoms with van der Waals surface area (Å²) in [4.78, 5) is 11.9. The Hall–Kier alpha value is -2.43. The normalized spacial score (nSPS) is 10.6. The van der Waals surface area contributed by atoms with Gasteiger partial charge in [0.05, 0.1) is 0 Å². The van der Waals surface area contributed by atoms with Gasteiger partial charge in [0, 0.05) is 12.2 Å². The van der Waals surface area contributed by atoms with Crippen LogP contribution in [0.3, 0.4) is 0 Å². The molecule has 0 aliphatic heterocycles. The van der Waals surface area contributed by atoms with Crippen LogP contribution in [-0.4, -0.2) is 22.6 Å². The van der Waals surface area contributed by atoms with Crippen LogP contribution in [0.1, 0.15) is 55.6 Å². The van der Waals surface area contributed by atoms with E-state index in [1.807, 2.05) is 18.2 Å². The number of carbonyl (C=O) groups is 1. The van der Waals surface area contributed by atoms with Crippen LogP contribution in [-0.2, 0) is 0 Å². The molecule has 1 amide bonds. The molecule has 2 rings (SSSR count). The first-order chi connectivity index (χ1) is 11.1. The van der Waals surface area contributed by atoms with Crippen molar-refractivity contribution in [3.05, 3.63) is 47.7 Å². The molecule has 0 aliphatic carbocycles. The largest absolute Gasteiger partial charge is 0.351 e. The van der Waals surface area contributed by atoms with Gasteiger partial charge in [-0.2, -0.15) is 0 Å². The molecular formula is C18H24N4O. The Morgan fingerprint density at radius 1 is 1.13 bits per heavy atom. The lowest BCUT2D eigenvalue weighted by Crippen LogP contribution is -2.25. The van der Waals surface area contributed by atoms with Crippen LogP contribution in [0.5, 0.6) is 0 Å².